The molecule has 0 unspecified atom stereocenters. The summed E-state index contributed by atoms with van der Waals surface area (Å²) in [6.45, 7) is 2.92. The Bertz CT molecular complexity index is 640. The van der Waals surface area contributed by atoms with Crippen LogP contribution in [0.4, 0.5) is 5.69 Å². The minimum atomic E-state index is -0.0421. The van der Waals surface area contributed by atoms with Crippen molar-refractivity contribution in [3.8, 4) is 0 Å². The molecule has 0 saturated heterocycles. The topological polar surface area (TPSA) is 48.0 Å². The molecule has 1 aromatic carbocycles. The molecule has 0 spiro atoms. The standard InChI is InChI=1S/C13H14N2O/c1-2-8-3-4-9-7-11(14)13(16)15-6-5-10(8)12(9)15/h3-4,7H,2,5-6,14H2,1H3. The molecule has 3 rings (SSSR count). The molecule has 0 aliphatic carbocycles. The monoisotopic (exact) mass is 214 g/mol. The van der Waals surface area contributed by atoms with Gasteiger partial charge in [0.05, 0.1) is 11.2 Å². The van der Waals surface area contributed by atoms with Gasteiger partial charge in [0.2, 0.25) is 0 Å². The van der Waals surface area contributed by atoms with Crippen molar-refractivity contribution in [1.82, 2.24) is 4.57 Å². The number of benzene rings is 1. The minimum Gasteiger partial charge on any atom is -0.394 e. The maximum Gasteiger partial charge on any atom is 0.274 e. The molecule has 0 radical (unpaired) electrons. The second-order valence-electron chi connectivity index (χ2n) is 4.30. The molecule has 16 heavy (non-hydrogen) atoms. The fourth-order valence-electron chi connectivity index (χ4n) is 2.67. The Morgan fingerprint density at radius 1 is 1.44 bits per heavy atom. The highest BCUT2D eigenvalue weighted by Gasteiger charge is 2.18. The normalized spacial score (nSPS) is 13.6. The third kappa shape index (κ3) is 1.06. The van der Waals surface area contributed by atoms with Crippen LogP contribution in [0.15, 0.2) is 23.0 Å². The molecular formula is C13H14N2O. The number of hydrogen-bond donors (Lipinski definition) is 1. The molecule has 2 heterocycles. The molecule has 2 N–H and O–H groups in total. The molecule has 3 nitrogen and oxygen atoms in total. The average molecular weight is 214 g/mol. The number of anilines is 1. The predicted molar refractivity (Wildman–Crippen MR) is 65.7 cm³/mol. The van der Waals surface area contributed by atoms with E-state index in [0.717, 1.165) is 30.3 Å². The van der Waals surface area contributed by atoms with E-state index in [1.807, 2.05) is 4.57 Å². The molecular weight excluding hydrogens is 200 g/mol. The number of rotatable bonds is 1. The van der Waals surface area contributed by atoms with Gasteiger partial charge in [-0.3, -0.25) is 4.79 Å². The van der Waals surface area contributed by atoms with Crippen LogP contribution in [-0.2, 0) is 19.4 Å². The lowest BCUT2D eigenvalue weighted by molar-refractivity contribution is 0.742. The van der Waals surface area contributed by atoms with Gasteiger partial charge in [-0.1, -0.05) is 19.1 Å². The number of hydrogen-bond acceptors (Lipinski definition) is 2. The number of aryl methyl sites for hydroxylation is 3. The summed E-state index contributed by atoms with van der Waals surface area (Å²) in [6, 6.07) is 6.01. The Hall–Kier alpha value is -1.77. The highest BCUT2D eigenvalue weighted by molar-refractivity contribution is 5.87. The summed E-state index contributed by atoms with van der Waals surface area (Å²) in [5.41, 5.74) is 9.81. The zero-order valence-electron chi connectivity index (χ0n) is 9.29. The number of nitrogens with two attached hydrogens (primary N) is 1. The first-order chi connectivity index (χ1) is 7.72. The van der Waals surface area contributed by atoms with Crippen molar-refractivity contribution in [2.75, 3.05) is 5.73 Å². The van der Waals surface area contributed by atoms with Gasteiger partial charge in [-0.25, -0.2) is 0 Å². The van der Waals surface area contributed by atoms with Crippen LogP contribution in [0.25, 0.3) is 10.9 Å². The van der Waals surface area contributed by atoms with E-state index in [0.29, 0.717) is 5.69 Å². The highest BCUT2D eigenvalue weighted by atomic mass is 16.1. The van der Waals surface area contributed by atoms with Crippen LogP contribution in [0, 0.1) is 0 Å². The molecule has 0 atom stereocenters. The van der Waals surface area contributed by atoms with Crippen molar-refractivity contribution in [1.29, 1.82) is 0 Å². The number of pyridine rings is 1. The Balaban J connectivity index is 2.52. The van der Waals surface area contributed by atoms with Gasteiger partial charge < -0.3 is 10.3 Å². The fraction of sp³-hybridized carbons (Fsp3) is 0.308. The first-order valence-corrected chi connectivity index (χ1v) is 5.66. The van der Waals surface area contributed by atoms with Crippen LogP contribution >= 0.6 is 0 Å². The van der Waals surface area contributed by atoms with Crippen molar-refractivity contribution >= 4 is 16.6 Å². The summed E-state index contributed by atoms with van der Waals surface area (Å²) in [7, 11) is 0. The quantitative estimate of drug-likeness (QED) is 0.785. The molecule has 82 valence electrons. The SMILES string of the molecule is CCc1ccc2cc(N)c(=O)n3c2c1CC3. The van der Waals surface area contributed by atoms with Gasteiger partial charge in [-0.15, -0.1) is 0 Å². The molecule has 0 saturated carbocycles. The summed E-state index contributed by atoms with van der Waals surface area (Å²) < 4.78 is 1.82. The van der Waals surface area contributed by atoms with Crippen LogP contribution in [-0.4, -0.2) is 4.57 Å². The largest absolute Gasteiger partial charge is 0.394 e. The third-order valence-electron chi connectivity index (χ3n) is 3.45. The zero-order valence-corrected chi connectivity index (χ0v) is 9.29. The predicted octanol–water partition coefficient (Wildman–Crippen LogP) is 1.70. The molecule has 1 aliphatic heterocycles. The highest BCUT2D eigenvalue weighted by Crippen LogP contribution is 2.28. The van der Waals surface area contributed by atoms with Gasteiger partial charge >= 0.3 is 0 Å². The van der Waals surface area contributed by atoms with Crippen LogP contribution in [0.5, 0.6) is 0 Å². The van der Waals surface area contributed by atoms with E-state index >= 15 is 0 Å². The molecule has 2 aromatic rings. The van der Waals surface area contributed by atoms with E-state index < -0.39 is 0 Å². The Labute approximate surface area is 93.5 Å². The Morgan fingerprint density at radius 2 is 2.25 bits per heavy atom. The van der Waals surface area contributed by atoms with Crippen LogP contribution in [0.2, 0.25) is 0 Å². The molecule has 0 fully saturated rings. The number of nitrogen functional groups attached to an aromatic ring is 1. The van der Waals surface area contributed by atoms with Gasteiger partial charge in [0, 0.05) is 11.9 Å². The van der Waals surface area contributed by atoms with Crippen molar-refractivity contribution in [2.45, 2.75) is 26.3 Å². The van der Waals surface area contributed by atoms with E-state index in [2.05, 4.69) is 19.1 Å². The average Bonchev–Trinajstić information content (AvgIpc) is 2.72. The first kappa shape index (κ1) is 9.46. The van der Waals surface area contributed by atoms with Crippen molar-refractivity contribution in [3.05, 3.63) is 39.7 Å². The van der Waals surface area contributed by atoms with E-state index in [1.54, 1.807) is 6.07 Å². The Kier molecular flexibility index (Phi) is 1.84. The summed E-state index contributed by atoms with van der Waals surface area (Å²) in [4.78, 5) is 11.9. The summed E-state index contributed by atoms with van der Waals surface area (Å²) in [6.07, 6.45) is 1.98. The Morgan fingerprint density at radius 3 is 3.00 bits per heavy atom. The van der Waals surface area contributed by atoms with Crippen molar-refractivity contribution < 1.29 is 0 Å². The molecule has 1 aromatic heterocycles. The summed E-state index contributed by atoms with van der Waals surface area (Å²) in [5.74, 6) is 0. The van der Waals surface area contributed by atoms with Crippen LogP contribution < -0.4 is 11.3 Å². The summed E-state index contributed by atoms with van der Waals surface area (Å²) >= 11 is 0. The van der Waals surface area contributed by atoms with E-state index in [4.69, 9.17) is 5.73 Å². The van der Waals surface area contributed by atoms with Gasteiger partial charge in [0.1, 0.15) is 0 Å². The number of nitrogens with zero attached hydrogens (tertiary/aromatic N) is 1. The smallest absolute Gasteiger partial charge is 0.274 e. The van der Waals surface area contributed by atoms with E-state index in [1.165, 1.54) is 11.1 Å². The minimum absolute atomic E-state index is 0.0421. The fourth-order valence-corrected chi connectivity index (χ4v) is 2.67. The molecule has 3 heteroatoms. The van der Waals surface area contributed by atoms with Gasteiger partial charge in [-0.2, -0.15) is 0 Å². The lowest BCUT2D eigenvalue weighted by Gasteiger charge is -2.08. The maximum absolute atomic E-state index is 11.9. The van der Waals surface area contributed by atoms with Gasteiger partial charge in [0.25, 0.3) is 5.56 Å². The summed E-state index contributed by atoms with van der Waals surface area (Å²) in [5, 5.41) is 1.09. The van der Waals surface area contributed by atoms with E-state index in [9.17, 15) is 4.79 Å². The maximum atomic E-state index is 11.9. The zero-order chi connectivity index (χ0) is 11.3. The number of aromatic nitrogens is 1. The van der Waals surface area contributed by atoms with Gasteiger partial charge in [-0.05, 0) is 30.0 Å². The second-order valence-corrected chi connectivity index (χ2v) is 4.30. The van der Waals surface area contributed by atoms with Crippen LogP contribution in [0.1, 0.15) is 18.1 Å². The lowest BCUT2D eigenvalue weighted by Crippen LogP contribution is -2.20. The van der Waals surface area contributed by atoms with Crippen molar-refractivity contribution in [2.24, 2.45) is 0 Å². The lowest BCUT2D eigenvalue weighted by atomic mass is 10.0. The van der Waals surface area contributed by atoms with Crippen molar-refractivity contribution in [3.63, 3.8) is 0 Å². The van der Waals surface area contributed by atoms with Crippen LogP contribution in [0.3, 0.4) is 0 Å². The second kappa shape index (κ2) is 3.11. The molecule has 1 aliphatic rings. The van der Waals surface area contributed by atoms with Gasteiger partial charge in [0.15, 0.2) is 0 Å². The van der Waals surface area contributed by atoms with E-state index in [-0.39, 0.29) is 5.56 Å². The molecule has 0 amide bonds. The molecule has 0 bridgehead atoms. The first-order valence-electron chi connectivity index (χ1n) is 5.66. The third-order valence-corrected chi connectivity index (χ3v) is 3.45.